The van der Waals surface area contributed by atoms with Gasteiger partial charge in [-0.25, -0.2) is 0 Å². The molecule has 0 heterocycles. The first-order valence-electron chi connectivity index (χ1n) is 8.44. The molecule has 10 nitrogen and oxygen atoms in total. The van der Waals surface area contributed by atoms with E-state index in [0.29, 0.717) is 24.0 Å². The predicted molar refractivity (Wildman–Crippen MR) is 110 cm³/mol. The number of nitro benzene ring substituents is 2. The molecule has 0 aromatic heterocycles. The van der Waals surface area contributed by atoms with Crippen LogP contribution in [0.2, 0.25) is 0 Å². The Morgan fingerprint density at radius 3 is 2.28 bits per heavy atom. The van der Waals surface area contributed by atoms with Crippen LogP contribution >= 0.6 is 12.2 Å². The number of thiocarbonyl (C=S) groups is 1. The van der Waals surface area contributed by atoms with Crippen LogP contribution < -0.4 is 15.4 Å². The Balaban J connectivity index is 2.09. The number of hydrogen-bond donors (Lipinski definition) is 2. The smallest absolute Gasteiger partial charge is 0.277 e. The largest absolute Gasteiger partial charge is 0.493 e. The number of benzene rings is 2. The first-order chi connectivity index (χ1) is 13.7. The number of nitrogens with one attached hydrogen (secondary N) is 2. The Morgan fingerprint density at radius 1 is 1.10 bits per heavy atom. The number of nitrogens with zero attached hydrogens (tertiary/aromatic N) is 2. The van der Waals surface area contributed by atoms with E-state index in [0.717, 1.165) is 18.2 Å². The fourth-order valence-electron chi connectivity index (χ4n) is 2.20. The highest BCUT2D eigenvalue weighted by Gasteiger charge is 2.20. The van der Waals surface area contributed by atoms with Crippen molar-refractivity contribution in [3.63, 3.8) is 0 Å². The minimum Gasteiger partial charge on any atom is -0.493 e. The minimum atomic E-state index is -0.818. The third-order valence-electron chi connectivity index (χ3n) is 3.49. The molecule has 11 heteroatoms. The molecule has 152 valence electrons. The van der Waals surface area contributed by atoms with Crippen LogP contribution in [-0.4, -0.2) is 27.5 Å². The Bertz CT molecular complexity index is 931. The highest BCUT2D eigenvalue weighted by Crippen LogP contribution is 2.23. The molecule has 29 heavy (non-hydrogen) atoms. The molecule has 0 aliphatic carbocycles. The van der Waals surface area contributed by atoms with Crippen molar-refractivity contribution in [2.45, 2.75) is 13.8 Å². The van der Waals surface area contributed by atoms with Crippen molar-refractivity contribution in [2.24, 2.45) is 5.92 Å². The zero-order valence-corrected chi connectivity index (χ0v) is 16.4. The third kappa shape index (κ3) is 6.50. The van der Waals surface area contributed by atoms with E-state index in [4.69, 9.17) is 17.0 Å². The van der Waals surface area contributed by atoms with Crippen LogP contribution in [-0.2, 0) is 0 Å². The van der Waals surface area contributed by atoms with Crippen molar-refractivity contribution in [2.75, 3.05) is 11.9 Å². The van der Waals surface area contributed by atoms with Gasteiger partial charge in [0.2, 0.25) is 0 Å². The molecule has 1 amide bonds. The molecule has 0 bridgehead atoms. The molecule has 0 saturated heterocycles. The number of carbonyl (C=O) groups is 1. The van der Waals surface area contributed by atoms with E-state index in [-0.39, 0.29) is 10.7 Å². The summed E-state index contributed by atoms with van der Waals surface area (Å²) in [5, 5.41) is 26.9. The van der Waals surface area contributed by atoms with E-state index in [9.17, 15) is 25.0 Å². The van der Waals surface area contributed by atoms with Crippen LogP contribution in [0, 0.1) is 26.1 Å². The number of amides is 1. The summed E-state index contributed by atoms with van der Waals surface area (Å²) in [5.41, 5.74) is -0.845. The second-order valence-electron chi connectivity index (χ2n) is 6.39. The summed E-state index contributed by atoms with van der Waals surface area (Å²) in [4.78, 5) is 32.6. The SMILES string of the molecule is CC(C)COc1cccc(NC(=S)NC(=O)c2cc([N+](=O)[O-])cc([N+](=O)[O-])c2)c1. The average molecular weight is 418 g/mol. The Hall–Kier alpha value is -3.60. The van der Waals surface area contributed by atoms with Gasteiger partial charge in [0.25, 0.3) is 17.3 Å². The van der Waals surface area contributed by atoms with Crippen molar-refractivity contribution < 1.29 is 19.4 Å². The van der Waals surface area contributed by atoms with Gasteiger partial charge in [-0.1, -0.05) is 19.9 Å². The quantitative estimate of drug-likeness (QED) is 0.395. The normalized spacial score (nSPS) is 10.3. The van der Waals surface area contributed by atoms with E-state index in [2.05, 4.69) is 10.6 Å². The van der Waals surface area contributed by atoms with E-state index in [1.807, 2.05) is 13.8 Å². The molecule has 2 N–H and O–H groups in total. The fourth-order valence-corrected chi connectivity index (χ4v) is 2.41. The molecule has 0 atom stereocenters. The van der Waals surface area contributed by atoms with Gasteiger partial charge in [-0.3, -0.25) is 30.3 Å². The van der Waals surface area contributed by atoms with Crippen LogP contribution in [0.4, 0.5) is 17.1 Å². The molecule has 2 aromatic rings. The number of anilines is 1. The van der Waals surface area contributed by atoms with Gasteiger partial charge in [0.15, 0.2) is 5.11 Å². The molecule has 0 fully saturated rings. The first-order valence-corrected chi connectivity index (χ1v) is 8.85. The third-order valence-corrected chi connectivity index (χ3v) is 3.69. The lowest BCUT2D eigenvalue weighted by Crippen LogP contribution is -2.34. The summed E-state index contributed by atoms with van der Waals surface area (Å²) in [5.74, 6) is 0.152. The topological polar surface area (TPSA) is 137 Å². The lowest BCUT2D eigenvalue weighted by molar-refractivity contribution is -0.394. The summed E-state index contributed by atoms with van der Waals surface area (Å²) in [6, 6.07) is 9.56. The number of hydrogen-bond acceptors (Lipinski definition) is 7. The van der Waals surface area contributed by atoms with Crippen LogP contribution in [0.5, 0.6) is 5.75 Å². The summed E-state index contributed by atoms with van der Waals surface area (Å²) in [6.45, 7) is 4.58. The first kappa shape index (κ1) is 21.7. The van der Waals surface area contributed by atoms with Crippen molar-refractivity contribution in [1.82, 2.24) is 5.32 Å². The molecule has 0 spiro atoms. The molecule has 0 aliphatic heterocycles. The van der Waals surface area contributed by atoms with Crippen molar-refractivity contribution >= 4 is 40.3 Å². The zero-order chi connectivity index (χ0) is 21.6. The molecule has 0 saturated carbocycles. The van der Waals surface area contributed by atoms with Gasteiger partial charge >= 0.3 is 0 Å². The predicted octanol–water partition coefficient (Wildman–Crippen LogP) is 3.66. The second-order valence-corrected chi connectivity index (χ2v) is 6.80. The monoisotopic (exact) mass is 418 g/mol. The molecule has 0 radical (unpaired) electrons. The lowest BCUT2D eigenvalue weighted by Gasteiger charge is -2.12. The van der Waals surface area contributed by atoms with E-state index >= 15 is 0 Å². The minimum absolute atomic E-state index is 0.0785. The van der Waals surface area contributed by atoms with Gasteiger partial charge in [0, 0.05) is 23.9 Å². The molecule has 0 aliphatic rings. The van der Waals surface area contributed by atoms with Crippen molar-refractivity contribution in [3.05, 3.63) is 68.3 Å². The Kier molecular flexibility index (Phi) is 7.15. The maximum Gasteiger partial charge on any atom is 0.277 e. The number of ether oxygens (including phenoxy) is 1. The van der Waals surface area contributed by atoms with Gasteiger partial charge in [-0.2, -0.15) is 0 Å². The van der Waals surface area contributed by atoms with Gasteiger partial charge in [-0.05, 0) is 30.3 Å². The summed E-state index contributed by atoms with van der Waals surface area (Å²) in [7, 11) is 0. The van der Waals surface area contributed by atoms with Crippen LogP contribution in [0.25, 0.3) is 0 Å². The Labute approximate surface area is 171 Å². The number of rotatable bonds is 7. The Morgan fingerprint density at radius 2 is 1.72 bits per heavy atom. The summed E-state index contributed by atoms with van der Waals surface area (Å²) >= 11 is 5.08. The zero-order valence-electron chi connectivity index (χ0n) is 15.6. The van der Waals surface area contributed by atoms with Gasteiger partial charge in [0.05, 0.1) is 28.1 Å². The molecule has 0 unspecified atom stereocenters. The maximum absolute atomic E-state index is 12.3. The van der Waals surface area contributed by atoms with E-state index in [1.54, 1.807) is 24.3 Å². The van der Waals surface area contributed by atoms with Gasteiger partial charge in [0.1, 0.15) is 5.75 Å². The van der Waals surface area contributed by atoms with Gasteiger partial charge in [-0.15, -0.1) is 0 Å². The highest BCUT2D eigenvalue weighted by molar-refractivity contribution is 7.80. The van der Waals surface area contributed by atoms with Crippen LogP contribution in [0.1, 0.15) is 24.2 Å². The fraction of sp³-hybridized carbons (Fsp3) is 0.222. The van der Waals surface area contributed by atoms with Crippen molar-refractivity contribution in [3.8, 4) is 5.75 Å². The molecule has 2 rings (SSSR count). The summed E-state index contributed by atoms with van der Waals surface area (Å²) < 4.78 is 5.61. The second kappa shape index (κ2) is 9.55. The highest BCUT2D eigenvalue weighted by atomic mass is 32.1. The van der Waals surface area contributed by atoms with E-state index in [1.165, 1.54) is 0 Å². The lowest BCUT2D eigenvalue weighted by atomic mass is 10.1. The number of carbonyl (C=O) groups excluding carboxylic acids is 1. The molecular weight excluding hydrogens is 400 g/mol. The number of nitro groups is 2. The number of non-ortho nitro benzene ring substituents is 2. The molecular formula is C18H18N4O6S. The average Bonchev–Trinajstić information content (AvgIpc) is 2.66. The molecule has 2 aromatic carbocycles. The summed E-state index contributed by atoms with van der Waals surface area (Å²) in [6.07, 6.45) is 0. The van der Waals surface area contributed by atoms with Crippen LogP contribution in [0.3, 0.4) is 0 Å². The van der Waals surface area contributed by atoms with Crippen LogP contribution in [0.15, 0.2) is 42.5 Å². The standard InChI is InChI=1S/C18H18N4O6S/c1-11(2)10-28-16-5-3-4-13(8-16)19-18(29)20-17(23)12-6-14(21(24)25)9-15(7-12)22(26)27/h3-9,11H,10H2,1-2H3,(H2,19,20,23,29). The maximum atomic E-state index is 12.3. The van der Waals surface area contributed by atoms with Crippen molar-refractivity contribution in [1.29, 1.82) is 0 Å². The van der Waals surface area contributed by atoms with Gasteiger partial charge < -0.3 is 10.1 Å². The van der Waals surface area contributed by atoms with E-state index < -0.39 is 27.1 Å².